The highest BCUT2D eigenvalue weighted by Gasteiger charge is 2.29. The number of benzene rings is 1. The molecule has 0 radical (unpaired) electrons. The van der Waals surface area contributed by atoms with Gasteiger partial charge in [-0.3, -0.25) is 0 Å². The van der Waals surface area contributed by atoms with Crippen molar-refractivity contribution in [1.29, 1.82) is 0 Å². The SMILES string of the molecule is CC1CCCCC1NC(=S)NCCc1ccc(C(F)(F)F)cc1. The van der Waals surface area contributed by atoms with Gasteiger partial charge in [-0.2, -0.15) is 13.2 Å². The topological polar surface area (TPSA) is 24.1 Å². The van der Waals surface area contributed by atoms with Crippen LogP contribution in [-0.4, -0.2) is 17.7 Å². The summed E-state index contributed by atoms with van der Waals surface area (Å²) in [6.07, 6.45) is 1.25. The van der Waals surface area contributed by atoms with Crippen molar-refractivity contribution in [3.8, 4) is 0 Å². The Labute approximate surface area is 140 Å². The fraction of sp³-hybridized carbons (Fsp3) is 0.588. The summed E-state index contributed by atoms with van der Waals surface area (Å²) in [5.41, 5.74) is 0.247. The molecule has 1 aliphatic carbocycles. The van der Waals surface area contributed by atoms with E-state index in [1.807, 2.05) is 0 Å². The molecular weight excluding hydrogens is 321 g/mol. The number of halogens is 3. The largest absolute Gasteiger partial charge is 0.416 e. The van der Waals surface area contributed by atoms with Crippen molar-refractivity contribution in [1.82, 2.24) is 10.6 Å². The highest BCUT2D eigenvalue weighted by atomic mass is 32.1. The Morgan fingerprint density at radius 2 is 1.83 bits per heavy atom. The summed E-state index contributed by atoms with van der Waals surface area (Å²) in [4.78, 5) is 0. The standard InChI is InChI=1S/C17H23F3N2S/c1-12-4-2-3-5-15(12)22-16(23)21-11-10-13-6-8-14(9-7-13)17(18,19)20/h6-9,12,15H,2-5,10-11H2,1H3,(H2,21,22,23). The monoisotopic (exact) mass is 344 g/mol. The van der Waals surface area contributed by atoms with E-state index in [-0.39, 0.29) is 0 Å². The van der Waals surface area contributed by atoms with Crippen LogP contribution in [0.15, 0.2) is 24.3 Å². The summed E-state index contributed by atoms with van der Waals surface area (Å²) in [6, 6.07) is 5.70. The molecule has 0 amide bonds. The van der Waals surface area contributed by atoms with E-state index in [0.717, 1.165) is 24.1 Å². The number of nitrogens with one attached hydrogen (secondary N) is 2. The Hall–Kier alpha value is -1.30. The smallest absolute Gasteiger partial charge is 0.362 e. The molecule has 1 aromatic carbocycles. The van der Waals surface area contributed by atoms with E-state index in [1.54, 1.807) is 0 Å². The Bertz CT molecular complexity index is 514. The van der Waals surface area contributed by atoms with E-state index >= 15 is 0 Å². The molecule has 23 heavy (non-hydrogen) atoms. The molecule has 2 rings (SSSR count). The van der Waals surface area contributed by atoms with Crippen LogP contribution in [0.2, 0.25) is 0 Å². The maximum Gasteiger partial charge on any atom is 0.416 e. The van der Waals surface area contributed by atoms with Gasteiger partial charge < -0.3 is 10.6 Å². The quantitative estimate of drug-likeness (QED) is 0.797. The maximum absolute atomic E-state index is 12.5. The van der Waals surface area contributed by atoms with E-state index in [1.165, 1.54) is 31.4 Å². The Kier molecular flexibility index (Phi) is 6.27. The predicted molar refractivity (Wildman–Crippen MR) is 90.3 cm³/mol. The van der Waals surface area contributed by atoms with Gasteiger partial charge in [-0.05, 0) is 55.1 Å². The van der Waals surface area contributed by atoms with Crippen molar-refractivity contribution in [2.75, 3.05) is 6.54 Å². The molecular formula is C17H23F3N2S. The van der Waals surface area contributed by atoms with Crippen LogP contribution in [0.1, 0.15) is 43.7 Å². The molecule has 0 bridgehead atoms. The minimum absolute atomic E-state index is 0.426. The van der Waals surface area contributed by atoms with Crippen LogP contribution in [0.4, 0.5) is 13.2 Å². The van der Waals surface area contributed by atoms with E-state index in [4.69, 9.17) is 12.2 Å². The normalized spacial score (nSPS) is 21.7. The first-order chi connectivity index (χ1) is 10.9. The first kappa shape index (κ1) is 18.0. The molecule has 1 fully saturated rings. The summed E-state index contributed by atoms with van der Waals surface area (Å²) < 4.78 is 37.5. The van der Waals surface area contributed by atoms with Crippen molar-refractivity contribution < 1.29 is 13.2 Å². The molecule has 2 N–H and O–H groups in total. The molecule has 6 heteroatoms. The molecule has 128 valence electrons. The fourth-order valence-corrected chi connectivity index (χ4v) is 3.18. The Morgan fingerprint density at radius 3 is 2.43 bits per heavy atom. The van der Waals surface area contributed by atoms with Gasteiger partial charge in [0, 0.05) is 12.6 Å². The van der Waals surface area contributed by atoms with Crippen LogP contribution in [0.25, 0.3) is 0 Å². The van der Waals surface area contributed by atoms with Gasteiger partial charge in [0.15, 0.2) is 5.11 Å². The third kappa shape index (κ3) is 5.68. The van der Waals surface area contributed by atoms with Crippen LogP contribution >= 0.6 is 12.2 Å². The lowest BCUT2D eigenvalue weighted by Crippen LogP contribution is -2.46. The van der Waals surface area contributed by atoms with Crippen molar-refractivity contribution in [2.45, 2.75) is 51.2 Å². The average molecular weight is 344 g/mol. The Morgan fingerprint density at radius 1 is 1.17 bits per heavy atom. The van der Waals surface area contributed by atoms with Gasteiger partial charge in [0.1, 0.15) is 0 Å². The van der Waals surface area contributed by atoms with E-state index in [0.29, 0.717) is 30.0 Å². The van der Waals surface area contributed by atoms with Crippen molar-refractivity contribution >= 4 is 17.3 Å². The van der Waals surface area contributed by atoms with E-state index in [2.05, 4.69) is 17.6 Å². The van der Waals surface area contributed by atoms with Gasteiger partial charge in [-0.25, -0.2) is 0 Å². The second-order valence-electron chi connectivity index (χ2n) is 6.21. The molecule has 1 saturated carbocycles. The molecule has 2 nitrogen and oxygen atoms in total. The number of alkyl halides is 3. The van der Waals surface area contributed by atoms with Crippen LogP contribution in [0, 0.1) is 5.92 Å². The van der Waals surface area contributed by atoms with Gasteiger partial charge in [0.2, 0.25) is 0 Å². The molecule has 1 aromatic rings. The molecule has 2 atom stereocenters. The molecule has 0 saturated heterocycles. The summed E-state index contributed by atoms with van der Waals surface area (Å²) in [7, 11) is 0. The minimum atomic E-state index is -4.28. The summed E-state index contributed by atoms with van der Waals surface area (Å²) in [6.45, 7) is 2.85. The molecule has 0 aromatic heterocycles. The van der Waals surface area contributed by atoms with Crippen molar-refractivity contribution in [3.05, 3.63) is 35.4 Å². The van der Waals surface area contributed by atoms with Crippen LogP contribution < -0.4 is 10.6 Å². The first-order valence-electron chi connectivity index (χ1n) is 8.07. The Balaban J connectivity index is 1.73. The number of thiocarbonyl (C=S) groups is 1. The molecule has 1 aliphatic rings. The number of hydrogen-bond donors (Lipinski definition) is 2. The van der Waals surface area contributed by atoms with E-state index < -0.39 is 11.7 Å². The highest BCUT2D eigenvalue weighted by Crippen LogP contribution is 2.29. The lowest BCUT2D eigenvalue weighted by Gasteiger charge is -2.30. The van der Waals surface area contributed by atoms with E-state index in [9.17, 15) is 13.2 Å². The third-order valence-corrected chi connectivity index (χ3v) is 4.67. The zero-order valence-electron chi connectivity index (χ0n) is 13.2. The lowest BCUT2D eigenvalue weighted by atomic mass is 9.86. The van der Waals surface area contributed by atoms with Gasteiger partial charge >= 0.3 is 6.18 Å². The second kappa shape index (κ2) is 7.99. The zero-order valence-corrected chi connectivity index (χ0v) is 14.1. The fourth-order valence-electron chi connectivity index (χ4n) is 2.93. The molecule has 0 aliphatic heterocycles. The predicted octanol–water partition coefficient (Wildman–Crippen LogP) is 4.29. The third-order valence-electron chi connectivity index (χ3n) is 4.41. The van der Waals surface area contributed by atoms with Gasteiger partial charge in [-0.1, -0.05) is 31.9 Å². The number of hydrogen-bond acceptors (Lipinski definition) is 1. The minimum Gasteiger partial charge on any atom is -0.362 e. The summed E-state index contributed by atoms with van der Waals surface area (Å²) >= 11 is 5.30. The van der Waals surface area contributed by atoms with Gasteiger partial charge in [0.05, 0.1) is 5.56 Å². The van der Waals surface area contributed by atoms with Crippen LogP contribution in [0.5, 0.6) is 0 Å². The van der Waals surface area contributed by atoms with Gasteiger partial charge in [-0.15, -0.1) is 0 Å². The molecule has 0 spiro atoms. The van der Waals surface area contributed by atoms with Crippen molar-refractivity contribution in [2.24, 2.45) is 5.92 Å². The van der Waals surface area contributed by atoms with Crippen molar-refractivity contribution in [3.63, 3.8) is 0 Å². The van der Waals surface area contributed by atoms with Gasteiger partial charge in [0.25, 0.3) is 0 Å². The van der Waals surface area contributed by atoms with Crippen LogP contribution in [-0.2, 0) is 12.6 Å². The highest BCUT2D eigenvalue weighted by molar-refractivity contribution is 7.80. The second-order valence-corrected chi connectivity index (χ2v) is 6.62. The first-order valence-corrected chi connectivity index (χ1v) is 8.47. The summed E-state index contributed by atoms with van der Waals surface area (Å²) in [5, 5.41) is 7.13. The maximum atomic E-state index is 12.5. The lowest BCUT2D eigenvalue weighted by molar-refractivity contribution is -0.137. The zero-order chi connectivity index (χ0) is 16.9. The molecule has 0 heterocycles. The molecule has 2 unspecified atom stereocenters. The number of rotatable bonds is 4. The summed E-state index contributed by atoms with van der Waals surface area (Å²) in [5.74, 6) is 0.624. The average Bonchev–Trinajstić information content (AvgIpc) is 2.49. The van der Waals surface area contributed by atoms with Crippen LogP contribution in [0.3, 0.4) is 0 Å².